The molecule has 2 aliphatic heterocycles. The number of morpholine rings is 1. The van der Waals surface area contributed by atoms with Crippen molar-refractivity contribution in [3.05, 3.63) is 0 Å². The molecule has 0 spiro atoms. The lowest BCUT2D eigenvalue weighted by Gasteiger charge is -2.32. The first-order valence-electron chi connectivity index (χ1n) is 6.87. The summed E-state index contributed by atoms with van der Waals surface area (Å²) in [6, 6.07) is 0.125. The maximum absolute atomic E-state index is 12.1. The van der Waals surface area contributed by atoms with E-state index >= 15 is 0 Å². The minimum Gasteiger partial charge on any atom is -0.469 e. The van der Waals surface area contributed by atoms with Gasteiger partial charge in [0.15, 0.2) is 0 Å². The summed E-state index contributed by atoms with van der Waals surface area (Å²) in [6.07, 6.45) is 1.88. The van der Waals surface area contributed by atoms with Crippen LogP contribution in [0, 0.1) is 5.92 Å². The molecule has 108 valence electrons. The number of nitrogens with one attached hydrogen (secondary N) is 1. The Bertz CT molecular complexity index is 321. The zero-order valence-electron chi connectivity index (χ0n) is 11.4. The van der Waals surface area contributed by atoms with E-state index in [2.05, 4.69) is 5.32 Å². The smallest absolute Gasteiger partial charge is 0.308 e. The Kier molecular flexibility index (Phi) is 5.15. The van der Waals surface area contributed by atoms with Crippen LogP contribution in [0.5, 0.6) is 0 Å². The van der Waals surface area contributed by atoms with Crippen molar-refractivity contribution in [2.75, 3.05) is 40.0 Å². The van der Waals surface area contributed by atoms with E-state index in [0.29, 0.717) is 39.0 Å². The summed E-state index contributed by atoms with van der Waals surface area (Å²) in [7, 11) is 1.41. The normalized spacial score (nSPS) is 25.1. The fraction of sp³-hybridized carbons (Fsp3) is 0.846. The Morgan fingerprint density at radius 2 is 2.11 bits per heavy atom. The Hall–Kier alpha value is -1.14. The molecular formula is C13H22N2O4. The molecule has 19 heavy (non-hydrogen) atoms. The highest BCUT2D eigenvalue weighted by Crippen LogP contribution is 2.19. The predicted molar refractivity (Wildman–Crippen MR) is 68.5 cm³/mol. The standard InChI is InChI=1S/C13H22N2O4/c1-18-13(17)10-2-5-15(6-3-10)12(16)8-11-9-19-7-4-14-11/h10-11,14H,2-9H2,1H3. The first-order chi connectivity index (χ1) is 9.20. The molecule has 2 rings (SSSR count). The van der Waals surface area contributed by atoms with Crippen LogP contribution in [-0.4, -0.2) is 62.8 Å². The van der Waals surface area contributed by atoms with Crippen molar-refractivity contribution in [2.45, 2.75) is 25.3 Å². The fourth-order valence-electron chi connectivity index (χ4n) is 2.62. The number of carbonyl (C=O) groups is 2. The van der Waals surface area contributed by atoms with Crippen molar-refractivity contribution in [2.24, 2.45) is 5.92 Å². The van der Waals surface area contributed by atoms with Crippen LogP contribution in [0.3, 0.4) is 0 Å². The van der Waals surface area contributed by atoms with E-state index in [1.54, 1.807) is 0 Å². The lowest BCUT2D eigenvalue weighted by molar-refractivity contribution is -0.149. The van der Waals surface area contributed by atoms with Gasteiger partial charge in [0.25, 0.3) is 0 Å². The van der Waals surface area contributed by atoms with E-state index in [0.717, 1.165) is 13.2 Å². The Morgan fingerprint density at radius 1 is 1.37 bits per heavy atom. The summed E-state index contributed by atoms with van der Waals surface area (Å²) in [5.74, 6) is -0.0639. The summed E-state index contributed by atoms with van der Waals surface area (Å²) in [4.78, 5) is 25.4. The number of amides is 1. The molecule has 1 atom stereocenters. The first kappa shape index (κ1) is 14.3. The number of ether oxygens (including phenoxy) is 2. The van der Waals surface area contributed by atoms with Gasteiger partial charge in [-0.15, -0.1) is 0 Å². The first-order valence-corrected chi connectivity index (χ1v) is 6.87. The molecule has 0 aromatic heterocycles. The van der Waals surface area contributed by atoms with Crippen LogP contribution in [-0.2, 0) is 19.1 Å². The van der Waals surface area contributed by atoms with Crippen molar-refractivity contribution in [3.8, 4) is 0 Å². The van der Waals surface area contributed by atoms with E-state index in [1.165, 1.54) is 7.11 Å². The van der Waals surface area contributed by atoms with Crippen LogP contribution in [0.4, 0.5) is 0 Å². The van der Waals surface area contributed by atoms with E-state index in [9.17, 15) is 9.59 Å². The lowest BCUT2D eigenvalue weighted by Crippen LogP contribution is -2.47. The van der Waals surface area contributed by atoms with Gasteiger partial charge in [-0.05, 0) is 12.8 Å². The zero-order chi connectivity index (χ0) is 13.7. The molecule has 2 heterocycles. The highest BCUT2D eigenvalue weighted by Gasteiger charge is 2.29. The van der Waals surface area contributed by atoms with E-state index < -0.39 is 0 Å². The third-order valence-corrected chi connectivity index (χ3v) is 3.80. The Labute approximate surface area is 113 Å². The molecular weight excluding hydrogens is 248 g/mol. The molecule has 2 aliphatic rings. The van der Waals surface area contributed by atoms with Gasteiger partial charge >= 0.3 is 5.97 Å². The van der Waals surface area contributed by atoms with Gasteiger partial charge in [-0.2, -0.15) is 0 Å². The van der Waals surface area contributed by atoms with Gasteiger partial charge in [-0.1, -0.05) is 0 Å². The van der Waals surface area contributed by atoms with Gasteiger partial charge in [0.05, 0.1) is 26.2 Å². The summed E-state index contributed by atoms with van der Waals surface area (Å²) < 4.78 is 10.1. The second kappa shape index (κ2) is 6.86. The maximum atomic E-state index is 12.1. The summed E-state index contributed by atoms with van der Waals surface area (Å²) in [6.45, 7) is 3.42. The number of carbonyl (C=O) groups excluding carboxylic acids is 2. The number of methoxy groups -OCH3 is 1. The second-order valence-corrected chi connectivity index (χ2v) is 5.11. The molecule has 2 saturated heterocycles. The highest BCUT2D eigenvalue weighted by molar-refractivity contribution is 5.78. The number of piperidine rings is 1. The Morgan fingerprint density at radius 3 is 2.68 bits per heavy atom. The van der Waals surface area contributed by atoms with Crippen LogP contribution in [0.2, 0.25) is 0 Å². The molecule has 1 N–H and O–H groups in total. The van der Waals surface area contributed by atoms with Crippen LogP contribution in [0.25, 0.3) is 0 Å². The van der Waals surface area contributed by atoms with Crippen molar-refractivity contribution in [1.29, 1.82) is 0 Å². The van der Waals surface area contributed by atoms with Gasteiger partial charge < -0.3 is 19.7 Å². The number of nitrogens with zero attached hydrogens (tertiary/aromatic N) is 1. The summed E-state index contributed by atoms with van der Waals surface area (Å²) in [5, 5.41) is 3.28. The van der Waals surface area contributed by atoms with Crippen molar-refractivity contribution >= 4 is 11.9 Å². The van der Waals surface area contributed by atoms with Gasteiger partial charge in [0.1, 0.15) is 0 Å². The van der Waals surface area contributed by atoms with Gasteiger partial charge in [0, 0.05) is 32.1 Å². The molecule has 0 radical (unpaired) electrons. The maximum Gasteiger partial charge on any atom is 0.308 e. The van der Waals surface area contributed by atoms with E-state index in [-0.39, 0.29) is 23.8 Å². The predicted octanol–water partition coefficient (Wildman–Crippen LogP) is -0.223. The minimum absolute atomic E-state index is 0.0508. The molecule has 0 saturated carbocycles. The van der Waals surface area contributed by atoms with E-state index in [1.807, 2.05) is 4.90 Å². The van der Waals surface area contributed by atoms with Crippen LogP contribution in [0.1, 0.15) is 19.3 Å². The van der Waals surface area contributed by atoms with Crippen LogP contribution in [0.15, 0.2) is 0 Å². The molecule has 1 unspecified atom stereocenters. The minimum atomic E-state index is -0.158. The third kappa shape index (κ3) is 3.91. The molecule has 2 fully saturated rings. The number of esters is 1. The molecule has 0 aromatic rings. The molecule has 0 aromatic carbocycles. The Balaban J connectivity index is 1.74. The number of hydrogen-bond acceptors (Lipinski definition) is 5. The van der Waals surface area contributed by atoms with Gasteiger partial charge in [-0.25, -0.2) is 0 Å². The quantitative estimate of drug-likeness (QED) is 0.718. The average molecular weight is 270 g/mol. The third-order valence-electron chi connectivity index (χ3n) is 3.80. The molecule has 0 bridgehead atoms. The molecule has 1 amide bonds. The highest BCUT2D eigenvalue weighted by atomic mass is 16.5. The van der Waals surface area contributed by atoms with Gasteiger partial charge in [0.2, 0.25) is 5.91 Å². The van der Waals surface area contributed by atoms with Crippen molar-refractivity contribution < 1.29 is 19.1 Å². The second-order valence-electron chi connectivity index (χ2n) is 5.11. The van der Waals surface area contributed by atoms with Crippen molar-refractivity contribution in [1.82, 2.24) is 10.2 Å². The largest absolute Gasteiger partial charge is 0.469 e. The summed E-state index contributed by atoms with van der Waals surface area (Å²) >= 11 is 0. The van der Waals surface area contributed by atoms with Crippen LogP contribution < -0.4 is 5.32 Å². The zero-order valence-corrected chi connectivity index (χ0v) is 11.4. The number of likely N-dealkylation sites (tertiary alicyclic amines) is 1. The topological polar surface area (TPSA) is 67.9 Å². The number of rotatable bonds is 3. The summed E-state index contributed by atoms with van der Waals surface area (Å²) in [5.41, 5.74) is 0. The average Bonchev–Trinajstić information content (AvgIpc) is 2.47. The molecule has 6 heteroatoms. The van der Waals surface area contributed by atoms with Crippen LogP contribution >= 0.6 is 0 Å². The van der Waals surface area contributed by atoms with E-state index in [4.69, 9.17) is 9.47 Å². The SMILES string of the molecule is COC(=O)C1CCN(C(=O)CC2COCCN2)CC1. The number of hydrogen-bond donors (Lipinski definition) is 1. The van der Waals surface area contributed by atoms with Crippen molar-refractivity contribution in [3.63, 3.8) is 0 Å². The molecule has 0 aliphatic carbocycles. The fourth-order valence-corrected chi connectivity index (χ4v) is 2.62. The van der Waals surface area contributed by atoms with Gasteiger partial charge in [-0.3, -0.25) is 9.59 Å². The monoisotopic (exact) mass is 270 g/mol. The molecule has 6 nitrogen and oxygen atoms in total. The lowest BCUT2D eigenvalue weighted by atomic mass is 9.96.